The zero-order valence-corrected chi connectivity index (χ0v) is 21.5. The minimum absolute atomic E-state index is 0.0539. The number of benzene rings is 3. The average Bonchev–Trinajstić information content (AvgIpc) is 2.92. The second kappa shape index (κ2) is 10.6. The third-order valence-corrected chi connectivity index (χ3v) is 7.96. The average molecular weight is 548 g/mol. The van der Waals surface area contributed by atoms with Crippen molar-refractivity contribution in [2.45, 2.75) is 18.0 Å². The van der Waals surface area contributed by atoms with Crippen LogP contribution in [0.3, 0.4) is 0 Å². The first-order valence-electron chi connectivity index (χ1n) is 11.6. The number of amides is 1. The molecular weight excluding hydrogens is 526 g/mol. The summed E-state index contributed by atoms with van der Waals surface area (Å²) < 4.78 is 33.8. The Morgan fingerprint density at radius 3 is 2.45 bits per heavy atom. The van der Waals surface area contributed by atoms with Crippen LogP contribution in [0, 0.1) is 0 Å². The number of carbonyl (C=O) groups is 1. The fourth-order valence-corrected chi connectivity index (χ4v) is 5.92. The van der Waals surface area contributed by atoms with E-state index < -0.39 is 21.7 Å². The summed E-state index contributed by atoms with van der Waals surface area (Å²) in [5.41, 5.74) is 1.32. The van der Waals surface area contributed by atoms with Crippen molar-refractivity contribution in [3.63, 3.8) is 0 Å². The lowest BCUT2D eigenvalue weighted by Gasteiger charge is -2.31. The Morgan fingerprint density at radius 1 is 0.974 bits per heavy atom. The highest BCUT2D eigenvalue weighted by Crippen LogP contribution is 2.37. The first-order chi connectivity index (χ1) is 18.3. The first kappa shape index (κ1) is 25.3. The molecule has 0 saturated carbocycles. The van der Waals surface area contributed by atoms with E-state index in [0.717, 1.165) is 10.00 Å². The molecule has 1 aliphatic rings. The molecule has 38 heavy (non-hydrogen) atoms. The predicted molar refractivity (Wildman–Crippen MR) is 144 cm³/mol. The molecule has 0 bridgehead atoms. The third kappa shape index (κ3) is 5.06. The standard InChI is InChI=1S/C28H22ClN3O5S/c29-23-16-20(13-14-24(23)37-18-21-10-6-7-15-30-21)31-28(34)26-27(33)22-11-4-5-12-25(22)38(35,36)32(26)17-19-8-2-1-3-9-19/h1-16,33H,17-18H2,(H,31,34). The number of carbonyl (C=O) groups excluding carboxylic acids is 1. The highest BCUT2D eigenvalue weighted by Gasteiger charge is 2.40. The highest BCUT2D eigenvalue weighted by molar-refractivity contribution is 7.89. The van der Waals surface area contributed by atoms with Crippen LogP contribution in [0.4, 0.5) is 5.69 Å². The Hall–Kier alpha value is -4.34. The zero-order valence-electron chi connectivity index (χ0n) is 19.9. The quantitative estimate of drug-likeness (QED) is 0.321. The molecule has 1 aliphatic heterocycles. The van der Waals surface area contributed by atoms with Crippen molar-refractivity contribution in [3.05, 3.63) is 125 Å². The van der Waals surface area contributed by atoms with Crippen molar-refractivity contribution in [2.24, 2.45) is 0 Å². The summed E-state index contributed by atoms with van der Waals surface area (Å²) in [4.78, 5) is 17.6. The van der Waals surface area contributed by atoms with Gasteiger partial charge in [0.05, 0.1) is 22.2 Å². The molecular formula is C28H22ClN3O5S. The predicted octanol–water partition coefficient (Wildman–Crippen LogP) is 5.38. The number of rotatable bonds is 7. The van der Waals surface area contributed by atoms with Gasteiger partial charge >= 0.3 is 0 Å². The molecule has 0 fully saturated rings. The van der Waals surface area contributed by atoms with Crippen LogP contribution in [0.5, 0.6) is 5.75 Å². The first-order valence-corrected chi connectivity index (χ1v) is 13.4. The molecule has 0 radical (unpaired) electrons. The van der Waals surface area contributed by atoms with E-state index in [9.17, 15) is 18.3 Å². The lowest BCUT2D eigenvalue weighted by molar-refractivity contribution is -0.113. The Balaban J connectivity index is 1.44. The number of sulfonamides is 1. The van der Waals surface area contributed by atoms with E-state index in [4.69, 9.17) is 16.3 Å². The molecule has 10 heteroatoms. The molecule has 2 heterocycles. The number of hydrogen-bond acceptors (Lipinski definition) is 6. The number of aliphatic hydroxyl groups excluding tert-OH is 1. The number of pyridine rings is 1. The van der Waals surface area contributed by atoms with Gasteiger partial charge in [0.15, 0.2) is 11.5 Å². The van der Waals surface area contributed by atoms with Crippen LogP contribution in [-0.4, -0.2) is 28.7 Å². The maximum atomic E-state index is 13.6. The lowest BCUT2D eigenvalue weighted by atomic mass is 10.1. The van der Waals surface area contributed by atoms with Gasteiger partial charge in [-0.15, -0.1) is 0 Å². The summed E-state index contributed by atoms with van der Waals surface area (Å²) in [5.74, 6) is -0.864. The van der Waals surface area contributed by atoms with Gasteiger partial charge in [-0.2, -0.15) is 0 Å². The molecule has 2 N–H and O–H groups in total. The number of fused-ring (bicyclic) bond motifs is 1. The molecule has 3 aromatic carbocycles. The van der Waals surface area contributed by atoms with Crippen LogP contribution in [0.25, 0.3) is 5.76 Å². The van der Waals surface area contributed by atoms with E-state index >= 15 is 0 Å². The monoisotopic (exact) mass is 547 g/mol. The van der Waals surface area contributed by atoms with Crippen molar-refractivity contribution in [2.75, 3.05) is 5.32 Å². The maximum absolute atomic E-state index is 13.6. The SMILES string of the molecule is O=C(Nc1ccc(OCc2ccccn2)c(Cl)c1)C1=C(O)c2ccccc2S(=O)(=O)N1Cc1ccccc1. The number of anilines is 1. The van der Waals surface area contributed by atoms with Gasteiger partial charge in [-0.05, 0) is 48.0 Å². The fourth-order valence-electron chi connectivity index (χ4n) is 4.03. The summed E-state index contributed by atoms with van der Waals surface area (Å²) in [6.45, 7) is 0.0596. The zero-order chi connectivity index (χ0) is 26.7. The molecule has 5 rings (SSSR count). The molecule has 0 saturated heterocycles. The number of nitrogens with one attached hydrogen (secondary N) is 1. The molecule has 0 spiro atoms. The van der Waals surface area contributed by atoms with Gasteiger partial charge in [-0.3, -0.25) is 14.1 Å². The lowest BCUT2D eigenvalue weighted by Crippen LogP contribution is -2.39. The molecule has 192 valence electrons. The van der Waals surface area contributed by atoms with Gasteiger partial charge in [0.1, 0.15) is 12.4 Å². The second-order valence-corrected chi connectivity index (χ2v) is 10.6. The van der Waals surface area contributed by atoms with Crippen LogP contribution in [-0.2, 0) is 28.0 Å². The number of nitrogens with zero attached hydrogens (tertiary/aromatic N) is 2. The van der Waals surface area contributed by atoms with Gasteiger partial charge in [0.25, 0.3) is 15.9 Å². The Kier molecular flexibility index (Phi) is 7.04. The summed E-state index contributed by atoms with van der Waals surface area (Å²) in [5, 5.41) is 14.0. The van der Waals surface area contributed by atoms with Gasteiger partial charge in [0.2, 0.25) is 0 Å². The number of aliphatic hydroxyl groups is 1. The maximum Gasteiger partial charge on any atom is 0.276 e. The van der Waals surface area contributed by atoms with E-state index in [0.29, 0.717) is 17.0 Å². The van der Waals surface area contributed by atoms with E-state index in [1.807, 2.05) is 12.1 Å². The van der Waals surface area contributed by atoms with Crippen molar-refractivity contribution < 1.29 is 23.1 Å². The largest absolute Gasteiger partial charge is 0.505 e. The second-order valence-electron chi connectivity index (χ2n) is 8.40. The van der Waals surface area contributed by atoms with Crippen LogP contribution in [0.15, 0.2) is 108 Å². The van der Waals surface area contributed by atoms with Crippen molar-refractivity contribution in [1.82, 2.24) is 9.29 Å². The van der Waals surface area contributed by atoms with Crippen molar-refractivity contribution in [1.29, 1.82) is 0 Å². The summed E-state index contributed by atoms with van der Waals surface area (Å²) >= 11 is 6.38. The van der Waals surface area contributed by atoms with Gasteiger partial charge in [-0.1, -0.05) is 60.1 Å². The summed E-state index contributed by atoms with van der Waals surface area (Å²) in [6, 6.07) is 25.0. The van der Waals surface area contributed by atoms with E-state index in [1.165, 1.54) is 18.2 Å². The van der Waals surface area contributed by atoms with Gasteiger partial charge in [-0.25, -0.2) is 8.42 Å². The number of ether oxygens (including phenoxy) is 1. The van der Waals surface area contributed by atoms with E-state index in [-0.39, 0.29) is 34.3 Å². The van der Waals surface area contributed by atoms with Gasteiger partial charge < -0.3 is 15.2 Å². The van der Waals surface area contributed by atoms with Crippen LogP contribution >= 0.6 is 11.6 Å². The minimum Gasteiger partial charge on any atom is -0.505 e. The number of halogens is 1. The topological polar surface area (TPSA) is 109 Å². The molecule has 8 nitrogen and oxygen atoms in total. The molecule has 0 aliphatic carbocycles. The van der Waals surface area contributed by atoms with E-state index in [1.54, 1.807) is 66.9 Å². The molecule has 1 amide bonds. The Labute approximate surface area is 224 Å². The molecule has 4 aromatic rings. The summed E-state index contributed by atoms with van der Waals surface area (Å²) in [7, 11) is -4.15. The minimum atomic E-state index is -4.15. The summed E-state index contributed by atoms with van der Waals surface area (Å²) in [6.07, 6.45) is 1.66. The van der Waals surface area contributed by atoms with Crippen molar-refractivity contribution in [3.8, 4) is 5.75 Å². The fraction of sp³-hybridized carbons (Fsp3) is 0.0714. The van der Waals surface area contributed by atoms with E-state index in [2.05, 4.69) is 10.3 Å². The molecule has 0 unspecified atom stereocenters. The highest BCUT2D eigenvalue weighted by atomic mass is 35.5. The molecule has 1 aromatic heterocycles. The third-order valence-electron chi connectivity index (χ3n) is 5.86. The Bertz CT molecular complexity index is 1630. The number of hydrogen-bond donors (Lipinski definition) is 2. The number of aromatic nitrogens is 1. The Morgan fingerprint density at radius 2 is 1.71 bits per heavy atom. The van der Waals surface area contributed by atoms with Crippen LogP contribution in [0.2, 0.25) is 5.02 Å². The van der Waals surface area contributed by atoms with Crippen molar-refractivity contribution >= 4 is 39.0 Å². The smallest absolute Gasteiger partial charge is 0.276 e. The van der Waals surface area contributed by atoms with Crippen LogP contribution in [0.1, 0.15) is 16.8 Å². The molecule has 0 atom stereocenters. The normalized spacial score (nSPS) is 14.1. The van der Waals surface area contributed by atoms with Gasteiger partial charge in [0, 0.05) is 17.4 Å². The van der Waals surface area contributed by atoms with Crippen LogP contribution < -0.4 is 10.1 Å².